The second-order valence-corrected chi connectivity index (χ2v) is 10.9. The third-order valence-corrected chi connectivity index (χ3v) is 8.33. The molecule has 1 amide bonds. The molecule has 1 N–H and O–H groups in total. The first kappa shape index (κ1) is 26.4. The van der Waals surface area contributed by atoms with Crippen molar-refractivity contribution in [1.29, 1.82) is 0 Å². The number of allylic oxidation sites excluding steroid dienone is 2. The fraction of sp³-hybridized carbons (Fsp3) is 0.121. The number of aromatic nitrogens is 2. The van der Waals surface area contributed by atoms with E-state index in [2.05, 4.69) is 22.5 Å². The topological polar surface area (TPSA) is 68.4 Å². The summed E-state index contributed by atoms with van der Waals surface area (Å²) < 4.78 is 18.1. The second kappa shape index (κ2) is 10.6. The molecule has 0 spiro atoms. The van der Waals surface area contributed by atoms with Crippen molar-refractivity contribution in [1.82, 2.24) is 9.13 Å². The van der Waals surface area contributed by atoms with Gasteiger partial charge in [0.2, 0.25) is 0 Å². The summed E-state index contributed by atoms with van der Waals surface area (Å²) in [5.74, 6) is -0.770. The zero-order chi connectivity index (χ0) is 28.7. The molecule has 204 valence electrons. The van der Waals surface area contributed by atoms with Crippen LogP contribution in [0.1, 0.15) is 29.8 Å². The molecule has 41 heavy (non-hydrogen) atoms. The van der Waals surface area contributed by atoms with Crippen LogP contribution in [0.25, 0.3) is 17.0 Å². The molecule has 0 radical (unpaired) electrons. The number of amides is 1. The maximum atomic E-state index is 14.1. The van der Waals surface area contributed by atoms with Gasteiger partial charge >= 0.3 is 0 Å². The Morgan fingerprint density at radius 2 is 1.76 bits per heavy atom. The monoisotopic (exact) mass is 562 g/mol. The number of fused-ring (bicyclic) bond motifs is 2. The third-order valence-electron chi connectivity index (χ3n) is 7.35. The minimum Gasteiger partial charge on any atom is -0.340 e. The van der Waals surface area contributed by atoms with Crippen molar-refractivity contribution in [3.63, 3.8) is 0 Å². The van der Waals surface area contributed by atoms with E-state index in [1.807, 2.05) is 55.5 Å². The molecule has 3 heterocycles. The zero-order valence-electron chi connectivity index (χ0n) is 22.6. The van der Waals surface area contributed by atoms with E-state index in [1.54, 1.807) is 35.8 Å². The van der Waals surface area contributed by atoms with Crippen molar-refractivity contribution in [2.24, 2.45) is 4.99 Å². The average molecular weight is 563 g/mol. The Kier molecular flexibility index (Phi) is 6.85. The Morgan fingerprint density at radius 3 is 2.49 bits per heavy atom. The highest BCUT2D eigenvalue weighted by Crippen LogP contribution is 2.31. The first-order valence-corrected chi connectivity index (χ1v) is 14.0. The number of carbonyl (C=O) groups is 1. The average Bonchev–Trinajstić information content (AvgIpc) is 3.42. The Morgan fingerprint density at radius 1 is 1.05 bits per heavy atom. The summed E-state index contributed by atoms with van der Waals surface area (Å²) in [6.45, 7) is 8.34. The van der Waals surface area contributed by atoms with Crippen LogP contribution >= 0.6 is 11.3 Å². The molecule has 0 fully saturated rings. The standard InChI is InChI=1S/C33H27FN4O2S/c1-4-18-37-21(3)26(25-12-8-9-13-27(25)37)19-28-32(40)38-30(22-14-16-23(34)17-15-22)29(20(2)35-33(38)41-28)31(39)36-24-10-6-5-7-11-24/h4-17,19,30H,1,18H2,2-3H3,(H,36,39). The van der Waals surface area contributed by atoms with E-state index in [1.165, 1.54) is 23.5 Å². The van der Waals surface area contributed by atoms with Gasteiger partial charge < -0.3 is 9.88 Å². The fourth-order valence-corrected chi connectivity index (χ4v) is 6.46. The van der Waals surface area contributed by atoms with Crippen molar-refractivity contribution >= 4 is 39.9 Å². The van der Waals surface area contributed by atoms with Gasteiger partial charge in [0.25, 0.3) is 11.5 Å². The number of para-hydroxylation sites is 2. The van der Waals surface area contributed by atoms with Crippen molar-refractivity contribution in [2.75, 3.05) is 5.32 Å². The maximum Gasteiger partial charge on any atom is 0.271 e. The van der Waals surface area contributed by atoms with Gasteiger partial charge in [-0.1, -0.05) is 65.9 Å². The van der Waals surface area contributed by atoms with Crippen LogP contribution in [0.3, 0.4) is 0 Å². The van der Waals surface area contributed by atoms with E-state index in [-0.39, 0.29) is 11.5 Å². The number of nitrogens with one attached hydrogen (secondary N) is 1. The molecular formula is C33H27FN4O2S. The lowest BCUT2D eigenvalue weighted by Crippen LogP contribution is -2.40. The highest BCUT2D eigenvalue weighted by Gasteiger charge is 2.32. The van der Waals surface area contributed by atoms with E-state index in [9.17, 15) is 14.0 Å². The lowest BCUT2D eigenvalue weighted by molar-refractivity contribution is -0.113. The molecule has 2 aromatic heterocycles. The smallest absolute Gasteiger partial charge is 0.271 e. The molecule has 1 aliphatic rings. The lowest BCUT2D eigenvalue weighted by Gasteiger charge is -2.25. The first-order valence-electron chi connectivity index (χ1n) is 13.2. The molecule has 0 saturated heterocycles. The highest BCUT2D eigenvalue weighted by atomic mass is 32.1. The van der Waals surface area contributed by atoms with Gasteiger partial charge in [-0.15, -0.1) is 6.58 Å². The summed E-state index contributed by atoms with van der Waals surface area (Å²) in [6, 6.07) is 22.3. The molecular weight excluding hydrogens is 535 g/mol. The molecule has 1 aliphatic heterocycles. The molecule has 0 saturated carbocycles. The summed E-state index contributed by atoms with van der Waals surface area (Å²) in [5, 5.41) is 3.97. The quantitative estimate of drug-likeness (QED) is 0.279. The zero-order valence-corrected chi connectivity index (χ0v) is 23.4. The Bertz CT molecular complexity index is 2030. The van der Waals surface area contributed by atoms with Gasteiger partial charge in [-0.25, -0.2) is 9.38 Å². The SMILES string of the molecule is C=CCn1c(C)c(C=c2sc3n(c2=O)C(c2ccc(F)cc2)C(C(=O)Nc2ccccc2)=C(C)N=3)c2ccccc21. The Balaban J connectivity index is 1.55. The maximum absolute atomic E-state index is 14.1. The van der Waals surface area contributed by atoms with Crippen LogP contribution in [0.15, 0.2) is 113 Å². The van der Waals surface area contributed by atoms with Crippen molar-refractivity contribution in [2.45, 2.75) is 26.4 Å². The summed E-state index contributed by atoms with van der Waals surface area (Å²) in [5.41, 5.74) is 4.83. The molecule has 3 aromatic carbocycles. The second-order valence-electron chi connectivity index (χ2n) is 9.87. The summed E-state index contributed by atoms with van der Waals surface area (Å²) in [7, 11) is 0. The van der Waals surface area contributed by atoms with E-state index < -0.39 is 11.9 Å². The number of carbonyl (C=O) groups excluding carboxylic acids is 1. The van der Waals surface area contributed by atoms with E-state index in [4.69, 9.17) is 4.99 Å². The molecule has 1 unspecified atom stereocenters. The van der Waals surface area contributed by atoms with Gasteiger partial charge in [0.05, 0.1) is 21.8 Å². The molecule has 5 aromatic rings. The van der Waals surface area contributed by atoms with Crippen LogP contribution in [0.4, 0.5) is 10.1 Å². The minimum absolute atomic E-state index is 0.263. The van der Waals surface area contributed by atoms with Gasteiger partial charge in [0.15, 0.2) is 4.80 Å². The number of benzene rings is 3. The minimum atomic E-state index is -0.777. The molecule has 6 rings (SSSR count). The fourth-order valence-electron chi connectivity index (χ4n) is 5.43. The van der Waals surface area contributed by atoms with Crippen molar-refractivity contribution in [3.05, 3.63) is 145 Å². The molecule has 0 bridgehead atoms. The number of thiazole rings is 1. The molecule has 6 nitrogen and oxygen atoms in total. The molecule has 0 aliphatic carbocycles. The van der Waals surface area contributed by atoms with Crippen LogP contribution < -0.4 is 20.2 Å². The largest absolute Gasteiger partial charge is 0.340 e. The van der Waals surface area contributed by atoms with E-state index in [0.29, 0.717) is 38.4 Å². The number of rotatable bonds is 6. The number of halogens is 1. The Hall–Kier alpha value is -4.82. The van der Waals surface area contributed by atoms with Gasteiger partial charge in [0.1, 0.15) is 5.82 Å². The van der Waals surface area contributed by atoms with E-state index in [0.717, 1.165) is 22.2 Å². The van der Waals surface area contributed by atoms with Gasteiger partial charge in [-0.3, -0.25) is 14.2 Å². The van der Waals surface area contributed by atoms with Crippen molar-refractivity contribution < 1.29 is 9.18 Å². The van der Waals surface area contributed by atoms with Crippen LogP contribution in [-0.4, -0.2) is 15.0 Å². The number of nitrogens with zero attached hydrogens (tertiary/aromatic N) is 3. The van der Waals surface area contributed by atoms with Crippen LogP contribution in [-0.2, 0) is 11.3 Å². The van der Waals surface area contributed by atoms with Crippen LogP contribution in [0.2, 0.25) is 0 Å². The summed E-state index contributed by atoms with van der Waals surface area (Å²) in [6.07, 6.45) is 3.76. The number of anilines is 1. The summed E-state index contributed by atoms with van der Waals surface area (Å²) >= 11 is 1.28. The third kappa shape index (κ3) is 4.66. The van der Waals surface area contributed by atoms with Crippen molar-refractivity contribution in [3.8, 4) is 0 Å². The highest BCUT2D eigenvalue weighted by molar-refractivity contribution is 7.07. The van der Waals surface area contributed by atoms with Gasteiger partial charge in [0, 0.05) is 34.4 Å². The summed E-state index contributed by atoms with van der Waals surface area (Å²) in [4.78, 5) is 33.0. The Labute approximate surface area is 239 Å². The molecule has 1 atom stereocenters. The number of hydrogen-bond donors (Lipinski definition) is 1. The van der Waals surface area contributed by atoms with Crippen LogP contribution in [0.5, 0.6) is 0 Å². The predicted octanol–water partition coefficient (Wildman–Crippen LogP) is 5.46. The normalized spacial score (nSPS) is 15.1. The number of hydrogen-bond acceptors (Lipinski definition) is 4. The van der Waals surface area contributed by atoms with Gasteiger partial charge in [-0.2, -0.15) is 0 Å². The predicted molar refractivity (Wildman–Crippen MR) is 162 cm³/mol. The van der Waals surface area contributed by atoms with Crippen LogP contribution in [0, 0.1) is 12.7 Å². The van der Waals surface area contributed by atoms with Gasteiger partial charge in [-0.05, 0) is 55.8 Å². The first-order chi connectivity index (χ1) is 19.9. The van der Waals surface area contributed by atoms with E-state index >= 15 is 0 Å². The lowest BCUT2D eigenvalue weighted by atomic mass is 9.95. The molecule has 8 heteroatoms.